The van der Waals surface area contributed by atoms with Gasteiger partial charge in [0.05, 0.1) is 11.9 Å². The lowest BCUT2D eigenvalue weighted by atomic mass is 10.1. The average Bonchev–Trinajstić information content (AvgIpc) is 3.47. The number of hydrazone groups is 1. The van der Waals surface area contributed by atoms with Crippen LogP contribution in [-0.4, -0.2) is 35.4 Å². The third kappa shape index (κ3) is 5.27. The molecule has 6 nitrogen and oxygen atoms in total. The molecule has 0 radical (unpaired) electrons. The van der Waals surface area contributed by atoms with E-state index in [-0.39, 0.29) is 5.91 Å². The molecule has 2 heterocycles. The van der Waals surface area contributed by atoms with Crippen molar-refractivity contribution >= 4 is 17.8 Å². The Morgan fingerprint density at radius 2 is 1.41 bits per heavy atom. The smallest absolute Gasteiger partial charge is 0.271 e. The maximum atomic E-state index is 12.8. The van der Waals surface area contributed by atoms with Crippen LogP contribution in [0.25, 0.3) is 22.6 Å². The molecule has 0 aliphatic carbocycles. The molecule has 3 aromatic carbocycles. The molecule has 0 fully saturated rings. The maximum Gasteiger partial charge on any atom is 0.271 e. The van der Waals surface area contributed by atoms with Crippen LogP contribution < -0.4 is 10.3 Å². The molecule has 5 aromatic rings. The van der Waals surface area contributed by atoms with E-state index in [2.05, 4.69) is 99.9 Å². The van der Waals surface area contributed by atoms with Crippen molar-refractivity contribution in [2.24, 2.45) is 5.10 Å². The summed E-state index contributed by atoms with van der Waals surface area (Å²) in [5, 5.41) is 4.25. The standard InChI is InChI=1S/C33H33N5O/c1-23-11-20-32(26-9-7-6-8-10-26)38(23)31-14-12-27(13-15-31)33(39)35-34-22-28-21-24(2)37(25(28)3)30-18-16-29(17-19-30)36(4)5/h6-22H,1-5H3,(H,35,39)/b34-22+. The van der Waals surface area contributed by atoms with E-state index in [1.807, 2.05) is 56.6 Å². The molecule has 6 heteroatoms. The third-order valence-corrected chi connectivity index (χ3v) is 7.00. The number of carbonyl (C=O) groups is 1. The van der Waals surface area contributed by atoms with E-state index >= 15 is 0 Å². The van der Waals surface area contributed by atoms with Crippen molar-refractivity contribution in [1.29, 1.82) is 0 Å². The van der Waals surface area contributed by atoms with E-state index in [9.17, 15) is 4.79 Å². The Morgan fingerprint density at radius 1 is 0.769 bits per heavy atom. The molecule has 1 N–H and O–H groups in total. The number of aromatic nitrogens is 2. The highest BCUT2D eigenvalue weighted by molar-refractivity contribution is 5.95. The number of hydrogen-bond donors (Lipinski definition) is 1. The topological polar surface area (TPSA) is 54.6 Å². The maximum absolute atomic E-state index is 12.8. The number of carbonyl (C=O) groups excluding carboxylic acids is 1. The van der Waals surface area contributed by atoms with Gasteiger partial charge in [0.25, 0.3) is 5.91 Å². The predicted molar refractivity (Wildman–Crippen MR) is 161 cm³/mol. The number of rotatable bonds is 7. The molecule has 1 amide bonds. The van der Waals surface area contributed by atoms with Gasteiger partial charge in [0.15, 0.2) is 0 Å². The molecular weight excluding hydrogens is 482 g/mol. The summed E-state index contributed by atoms with van der Waals surface area (Å²) in [4.78, 5) is 14.9. The molecule has 0 saturated heterocycles. The van der Waals surface area contributed by atoms with Gasteiger partial charge in [-0.05, 0) is 93.1 Å². The highest BCUT2D eigenvalue weighted by Crippen LogP contribution is 2.27. The van der Waals surface area contributed by atoms with Crippen molar-refractivity contribution in [2.45, 2.75) is 20.8 Å². The van der Waals surface area contributed by atoms with Gasteiger partial charge in [-0.2, -0.15) is 5.10 Å². The molecule has 0 atom stereocenters. The second-order valence-corrected chi connectivity index (χ2v) is 9.88. The van der Waals surface area contributed by atoms with Crippen LogP contribution in [0.4, 0.5) is 5.69 Å². The van der Waals surface area contributed by atoms with Crippen molar-refractivity contribution in [3.05, 3.63) is 125 Å². The number of amides is 1. The zero-order valence-corrected chi connectivity index (χ0v) is 23.0. The van der Waals surface area contributed by atoms with E-state index in [4.69, 9.17) is 0 Å². The highest BCUT2D eigenvalue weighted by atomic mass is 16.2. The molecule has 0 bridgehead atoms. The van der Waals surface area contributed by atoms with Gasteiger partial charge in [-0.25, -0.2) is 5.43 Å². The first-order chi connectivity index (χ1) is 18.8. The molecule has 5 rings (SSSR count). The number of nitrogens with zero attached hydrogens (tertiary/aromatic N) is 4. The number of anilines is 1. The van der Waals surface area contributed by atoms with Gasteiger partial charge in [-0.3, -0.25) is 4.79 Å². The first kappa shape index (κ1) is 25.8. The highest BCUT2D eigenvalue weighted by Gasteiger charge is 2.12. The van der Waals surface area contributed by atoms with Crippen molar-refractivity contribution in [1.82, 2.24) is 14.6 Å². The van der Waals surface area contributed by atoms with Crippen molar-refractivity contribution in [3.63, 3.8) is 0 Å². The molecule has 0 aliphatic heterocycles. The molecule has 196 valence electrons. The van der Waals surface area contributed by atoms with E-state index < -0.39 is 0 Å². The summed E-state index contributed by atoms with van der Waals surface area (Å²) in [6.07, 6.45) is 1.70. The predicted octanol–water partition coefficient (Wildman–Crippen LogP) is 6.69. The van der Waals surface area contributed by atoms with Crippen molar-refractivity contribution in [3.8, 4) is 22.6 Å². The number of benzene rings is 3. The number of nitrogens with one attached hydrogen (secondary N) is 1. The second kappa shape index (κ2) is 10.9. The first-order valence-electron chi connectivity index (χ1n) is 13.0. The number of hydrogen-bond acceptors (Lipinski definition) is 3. The van der Waals surface area contributed by atoms with E-state index in [0.29, 0.717) is 5.56 Å². The Morgan fingerprint density at radius 3 is 2.08 bits per heavy atom. The summed E-state index contributed by atoms with van der Waals surface area (Å²) in [5.41, 5.74) is 13.0. The lowest BCUT2D eigenvalue weighted by Gasteiger charge is -2.14. The van der Waals surface area contributed by atoms with Crippen molar-refractivity contribution in [2.75, 3.05) is 19.0 Å². The summed E-state index contributed by atoms with van der Waals surface area (Å²) in [6, 6.07) is 32.6. The molecule has 0 unspecified atom stereocenters. The molecule has 39 heavy (non-hydrogen) atoms. The minimum atomic E-state index is -0.251. The zero-order chi connectivity index (χ0) is 27.5. The fraction of sp³-hybridized carbons (Fsp3) is 0.152. The van der Waals surface area contributed by atoms with Gasteiger partial charge >= 0.3 is 0 Å². The minimum Gasteiger partial charge on any atom is -0.378 e. The summed E-state index contributed by atoms with van der Waals surface area (Å²) in [7, 11) is 4.06. The molecule has 0 saturated carbocycles. The lowest BCUT2D eigenvalue weighted by molar-refractivity contribution is 0.0955. The quantitative estimate of drug-likeness (QED) is 0.194. The zero-order valence-electron chi connectivity index (χ0n) is 23.0. The fourth-order valence-corrected chi connectivity index (χ4v) is 4.92. The van der Waals surface area contributed by atoms with Gasteiger partial charge in [-0.1, -0.05) is 30.3 Å². The Kier molecular flexibility index (Phi) is 7.19. The fourth-order valence-electron chi connectivity index (χ4n) is 4.92. The molecular formula is C33H33N5O. The van der Waals surface area contributed by atoms with Gasteiger partial charge < -0.3 is 14.0 Å². The Hall–Kier alpha value is -4.84. The first-order valence-corrected chi connectivity index (χ1v) is 13.0. The Balaban J connectivity index is 1.29. The number of aryl methyl sites for hydroxylation is 2. The molecule has 0 spiro atoms. The third-order valence-electron chi connectivity index (χ3n) is 7.00. The summed E-state index contributed by atoms with van der Waals surface area (Å²) >= 11 is 0. The lowest BCUT2D eigenvalue weighted by Crippen LogP contribution is -2.17. The van der Waals surface area contributed by atoms with E-state index in [0.717, 1.165) is 51.0 Å². The van der Waals surface area contributed by atoms with Crippen LogP contribution in [0.1, 0.15) is 33.0 Å². The van der Waals surface area contributed by atoms with Crippen LogP contribution in [0.15, 0.2) is 102 Å². The van der Waals surface area contributed by atoms with Crippen LogP contribution in [0.3, 0.4) is 0 Å². The van der Waals surface area contributed by atoms with Gasteiger partial charge in [0, 0.05) is 59.4 Å². The van der Waals surface area contributed by atoms with Gasteiger partial charge in [-0.15, -0.1) is 0 Å². The Bertz CT molecular complexity index is 1620. The van der Waals surface area contributed by atoms with E-state index in [1.54, 1.807) is 6.21 Å². The van der Waals surface area contributed by atoms with Crippen molar-refractivity contribution < 1.29 is 4.79 Å². The van der Waals surface area contributed by atoms with E-state index in [1.165, 1.54) is 0 Å². The van der Waals surface area contributed by atoms with Crippen LogP contribution in [-0.2, 0) is 0 Å². The summed E-state index contributed by atoms with van der Waals surface area (Å²) < 4.78 is 4.38. The van der Waals surface area contributed by atoms with Gasteiger partial charge in [0.2, 0.25) is 0 Å². The van der Waals surface area contributed by atoms with Gasteiger partial charge in [0.1, 0.15) is 0 Å². The van der Waals surface area contributed by atoms with Crippen LogP contribution in [0.2, 0.25) is 0 Å². The monoisotopic (exact) mass is 515 g/mol. The normalized spacial score (nSPS) is 11.2. The Labute approximate surface area is 229 Å². The van der Waals surface area contributed by atoms with Crippen LogP contribution in [0, 0.1) is 20.8 Å². The largest absolute Gasteiger partial charge is 0.378 e. The average molecular weight is 516 g/mol. The van der Waals surface area contributed by atoms with Crippen LogP contribution in [0.5, 0.6) is 0 Å². The summed E-state index contributed by atoms with van der Waals surface area (Å²) in [6.45, 7) is 6.21. The second-order valence-electron chi connectivity index (χ2n) is 9.88. The summed E-state index contributed by atoms with van der Waals surface area (Å²) in [5.74, 6) is -0.251. The SMILES string of the molecule is Cc1ccc(-c2ccccc2)n1-c1ccc(C(=O)N/N=C/c2cc(C)n(-c3ccc(N(C)C)cc3)c2C)cc1. The molecule has 0 aliphatic rings. The van der Waals surface area contributed by atoms with Crippen LogP contribution >= 0.6 is 0 Å². The minimum absolute atomic E-state index is 0.251. The molecule has 2 aromatic heterocycles.